The van der Waals surface area contributed by atoms with E-state index in [4.69, 9.17) is 0 Å². The van der Waals surface area contributed by atoms with E-state index in [2.05, 4.69) is 203 Å². The normalized spacial score (nSPS) is 12.5. The molecule has 0 spiro atoms. The lowest BCUT2D eigenvalue weighted by atomic mass is 9.84. The molecule has 2 nitrogen and oxygen atoms in total. The van der Waals surface area contributed by atoms with Crippen molar-refractivity contribution in [2.24, 2.45) is 0 Å². The predicted molar refractivity (Wildman–Crippen MR) is 251 cm³/mol. The molecule has 2 unspecified atom stereocenters. The highest BCUT2D eigenvalue weighted by Gasteiger charge is 2.24. The number of hydrogen-bond acceptors (Lipinski definition) is 2. The van der Waals surface area contributed by atoms with Crippen molar-refractivity contribution in [1.82, 2.24) is 0 Å². The Balaban J connectivity index is 0.000000594. The average Bonchev–Trinajstić information content (AvgIpc) is 3.20. The Morgan fingerprint density at radius 1 is 0.589 bits per heavy atom. The second kappa shape index (κ2) is 18.5. The Morgan fingerprint density at radius 3 is 1.73 bits per heavy atom. The van der Waals surface area contributed by atoms with Gasteiger partial charge in [0.1, 0.15) is 0 Å². The van der Waals surface area contributed by atoms with E-state index in [1.807, 2.05) is 18.2 Å². The molecule has 0 bridgehead atoms. The Bertz CT molecular complexity index is 2400. The summed E-state index contributed by atoms with van der Waals surface area (Å²) in [4.78, 5) is 2.39. The van der Waals surface area contributed by atoms with Crippen molar-refractivity contribution in [3.63, 3.8) is 0 Å². The first kappa shape index (κ1) is 41.8. The lowest BCUT2D eigenvalue weighted by molar-refractivity contribution is 0.695. The van der Waals surface area contributed by atoms with E-state index in [-0.39, 0.29) is 6.04 Å². The van der Waals surface area contributed by atoms with Crippen molar-refractivity contribution in [3.8, 4) is 0 Å². The number of nitrogens with one attached hydrogen (secondary N) is 1. The topological polar surface area (TPSA) is 15.3 Å². The maximum absolute atomic E-state index is 4.10. The molecule has 0 aliphatic carbocycles. The Hall–Kier alpha value is -5.34. The lowest BCUT2D eigenvalue weighted by Crippen LogP contribution is -2.24. The Labute approximate surface area is 338 Å². The molecule has 0 aliphatic rings. The standard InChI is InChI=1S/C45H52N2.C7H8.C2H4/c1-11-12-17-41(32(9)34-16-14-13-15-30(34)7)46-42-25-39(27(2)3)35-21-23-38-43(47(10)33-19-18-29(6)31(8)24-33)26-40(28(4)5)36-20-22-37(42)44(35)45(36)38;1-7-5-3-2-4-6-7;1-2/h12-28,32,41,46H,11H2,1-10H3;2-6H,1H3;1-2H2/b17-12-;;. The average molecular weight is 741 g/mol. The van der Waals surface area contributed by atoms with Gasteiger partial charge >= 0.3 is 0 Å². The fourth-order valence-corrected chi connectivity index (χ4v) is 8.08. The zero-order valence-corrected chi connectivity index (χ0v) is 35.9. The Morgan fingerprint density at radius 2 is 1.16 bits per heavy atom. The molecule has 7 aromatic carbocycles. The molecule has 7 rings (SSSR count). The van der Waals surface area contributed by atoms with E-state index in [1.54, 1.807) is 0 Å². The summed E-state index contributed by atoms with van der Waals surface area (Å²) in [6.45, 7) is 28.6. The van der Waals surface area contributed by atoms with Crippen LogP contribution in [0.5, 0.6) is 0 Å². The molecule has 1 N–H and O–H groups in total. The van der Waals surface area contributed by atoms with Gasteiger partial charge in [-0.05, 0) is 125 Å². The number of aryl methyl sites for hydroxylation is 4. The van der Waals surface area contributed by atoms with Gasteiger partial charge in [0, 0.05) is 40.8 Å². The zero-order chi connectivity index (χ0) is 40.7. The molecule has 2 atom stereocenters. The first-order valence-corrected chi connectivity index (χ1v) is 20.5. The summed E-state index contributed by atoms with van der Waals surface area (Å²) >= 11 is 0. The van der Waals surface area contributed by atoms with Crippen molar-refractivity contribution >= 4 is 49.4 Å². The van der Waals surface area contributed by atoms with Crippen LogP contribution in [0.1, 0.15) is 105 Å². The van der Waals surface area contributed by atoms with Crippen LogP contribution in [0.4, 0.5) is 17.1 Å². The molecule has 0 heterocycles. The minimum atomic E-state index is 0.159. The van der Waals surface area contributed by atoms with Crippen LogP contribution in [0.3, 0.4) is 0 Å². The molecule has 0 aromatic heterocycles. The summed E-state index contributed by atoms with van der Waals surface area (Å²) in [6, 6.07) is 40.5. The summed E-state index contributed by atoms with van der Waals surface area (Å²) in [5, 5.41) is 12.2. The highest BCUT2D eigenvalue weighted by molar-refractivity contribution is 6.28. The highest BCUT2D eigenvalue weighted by atomic mass is 15.1. The van der Waals surface area contributed by atoms with E-state index in [9.17, 15) is 0 Å². The van der Waals surface area contributed by atoms with Crippen LogP contribution in [0.2, 0.25) is 0 Å². The maximum atomic E-state index is 4.10. The fraction of sp³-hybridized carbons (Fsp3) is 0.296. The molecular weight excluding hydrogens is 677 g/mol. The molecule has 7 aromatic rings. The molecule has 0 fully saturated rings. The SMILES string of the molecule is C=C.CC/C=C\C(Nc1cc(C(C)C)c2ccc3c(N(C)c4ccc(C)c(C)c4)cc(C(C)C)c4ccc1c2c43)C(C)c1ccccc1C.Cc1ccccc1. The van der Waals surface area contributed by atoms with Crippen molar-refractivity contribution in [1.29, 1.82) is 0 Å². The van der Waals surface area contributed by atoms with Gasteiger partial charge in [-0.3, -0.25) is 0 Å². The summed E-state index contributed by atoms with van der Waals surface area (Å²) in [5.74, 6) is 1.10. The van der Waals surface area contributed by atoms with Gasteiger partial charge < -0.3 is 10.2 Å². The van der Waals surface area contributed by atoms with E-state index in [1.165, 1.54) is 88.3 Å². The van der Waals surface area contributed by atoms with Gasteiger partial charge in [-0.2, -0.15) is 0 Å². The summed E-state index contributed by atoms with van der Waals surface area (Å²) in [7, 11) is 2.23. The van der Waals surface area contributed by atoms with Crippen LogP contribution in [0, 0.1) is 27.7 Å². The third-order valence-corrected chi connectivity index (χ3v) is 11.5. The maximum Gasteiger partial charge on any atom is 0.0510 e. The molecule has 0 saturated heterocycles. The third kappa shape index (κ3) is 8.71. The predicted octanol–water partition coefficient (Wildman–Crippen LogP) is 15.9. The minimum Gasteiger partial charge on any atom is -0.378 e. The van der Waals surface area contributed by atoms with Crippen molar-refractivity contribution in [3.05, 3.63) is 173 Å². The molecule has 0 amide bonds. The lowest BCUT2D eigenvalue weighted by Gasteiger charge is -2.29. The van der Waals surface area contributed by atoms with Crippen LogP contribution in [0.15, 0.2) is 135 Å². The van der Waals surface area contributed by atoms with Crippen LogP contribution in [-0.4, -0.2) is 13.1 Å². The second-order valence-corrected chi connectivity index (χ2v) is 16.0. The van der Waals surface area contributed by atoms with Crippen molar-refractivity contribution in [2.45, 2.75) is 99.5 Å². The first-order chi connectivity index (χ1) is 26.9. The van der Waals surface area contributed by atoms with Gasteiger partial charge in [0.15, 0.2) is 0 Å². The number of hydrogen-bond donors (Lipinski definition) is 1. The van der Waals surface area contributed by atoms with Gasteiger partial charge in [-0.15, -0.1) is 13.2 Å². The van der Waals surface area contributed by atoms with Crippen LogP contribution < -0.4 is 10.2 Å². The number of nitrogens with zero attached hydrogens (tertiary/aromatic N) is 1. The number of benzene rings is 7. The van der Waals surface area contributed by atoms with E-state index in [0.717, 1.165) is 6.42 Å². The zero-order valence-electron chi connectivity index (χ0n) is 35.9. The largest absolute Gasteiger partial charge is 0.378 e. The molecular formula is C54H64N2. The number of anilines is 3. The van der Waals surface area contributed by atoms with Crippen molar-refractivity contribution < 1.29 is 0 Å². The fourth-order valence-electron chi connectivity index (χ4n) is 8.08. The minimum absolute atomic E-state index is 0.159. The van der Waals surface area contributed by atoms with E-state index in [0.29, 0.717) is 17.8 Å². The van der Waals surface area contributed by atoms with Crippen LogP contribution >= 0.6 is 0 Å². The van der Waals surface area contributed by atoms with Crippen molar-refractivity contribution in [2.75, 3.05) is 17.3 Å². The third-order valence-electron chi connectivity index (χ3n) is 11.5. The molecule has 56 heavy (non-hydrogen) atoms. The quantitative estimate of drug-likeness (QED) is 0.111. The van der Waals surface area contributed by atoms with Crippen LogP contribution in [-0.2, 0) is 0 Å². The second-order valence-electron chi connectivity index (χ2n) is 16.0. The summed E-state index contributed by atoms with van der Waals surface area (Å²) in [6.07, 6.45) is 5.72. The molecule has 290 valence electrons. The smallest absolute Gasteiger partial charge is 0.0510 e. The van der Waals surface area contributed by atoms with Crippen LogP contribution in [0.25, 0.3) is 32.3 Å². The number of allylic oxidation sites excluding steroid dienone is 1. The Kier molecular flexibility index (Phi) is 13.8. The van der Waals surface area contributed by atoms with Gasteiger partial charge in [-0.25, -0.2) is 0 Å². The van der Waals surface area contributed by atoms with Gasteiger partial charge in [0.2, 0.25) is 0 Å². The first-order valence-electron chi connectivity index (χ1n) is 20.5. The molecule has 0 radical (unpaired) electrons. The van der Waals surface area contributed by atoms with Gasteiger partial charge in [-0.1, -0.05) is 144 Å². The highest BCUT2D eigenvalue weighted by Crippen LogP contribution is 2.47. The summed E-state index contributed by atoms with van der Waals surface area (Å²) < 4.78 is 0. The van der Waals surface area contributed by atoms with Gasteiger partial charge in [0.05, 0.1) is 6.04 Å². The van der Waals surface area contributed by atoms with E-state index < -0.39 is 0 Å². The molecule has 2 heteroatoms. The molecule has 0 saturated carbocycles. The summed E-state index contributed by atoms with van der Waals surface area (Å²) in [5.41, 5.74) is 13.2. The monoisotopic (exact) mass is 741 g/mol. The number of rotatable bonds is 10. The van der Waals surface area contributed by atoms with Gasteiger partial charge in [0.25, 0.3) is 0 Å². The van der Waals surface area contributed by atoms with E-state index >= 15 is 0 Å². The molecule has 0 aliphatic heterocycles.